The quantitative estimate of drug-likeness (QED) is 0.792. The van der Waals surface area contributed by atoms with Crippen LogP contribution in [0.4, 0.5) is 0 Å². The van der Waals surface area contributed by atoms with Gasteiger partial charge in [-0.15, -0.1) is 11.8 Å². The fraction of sp³-hybridized carbons (Fsp3) is 0.333. The van der Waals surface area contributed by atoms with Gasteiger partial charge in [0.25, 0.3) is 0 Å². The van der Waals surface area contributed by atoms with Gasteiger partial charge in [0.15, 0.2) is 0 Å². The maximum absolute atomic E-state index is 12.1. The number of halogens is 1. The summed E-state index contributed by atoms with van der Waals surface area (Å²) in [7, 11) is 1.82. The van der Waals surface area contributed by atoms with Crippen LogP contribution in [0.15, 0.2) is 29.2 Å². The van der Waals surface area contributed by atoms with Crippen molar-refractivity contribution in [3.8, 4) is 0 Å². The molecule has 2 aromatic rings. The molecule has 0 saturated carbocycles. The van der Waals surface area contributed by atoms with Crippen molar-refractivity contribution in [1.29, 1.82) is 0 Å². The first-order valence-electron chi connectivity index (χ1n) is 6.37. The fourth-order valence-corrected chi connectivity index (χ4v) is 3.10. The van der Waals surface area contributed by atoms with Crippen molar-refractivity contribution in [2.75, 3.05) is 5.75 Å². The summed E-state index contributed by atoms with van der Waals surface area (Å²) < 4.78 is 1.69. The lowest BCUT2D eigenvalue weighted by atomic mass is 10.2. The second kappa shape index (κ2) is 6.46. The highest BCUT2D eigenvalue weighted by atomic mass is 35.5. The standard InChI is InChI=1S/C15H17ClN2OS/c1-10-6-4-5-7-14(10)20-9-12(19)8-13-15(16)11(2)17-18(13)3/h4-7H,8-9H2,1-3H3. The van der Waals surface area contributed by atoms with Crippen molar-refractivity contribution in [1.82, 2.24) is 9.78 Å². The molecule has 1 heterocycles. The molecule has 2 rings (SSSR count). The largest absolute Gasteiger partial charge is 0.298 e. The summed E-state index contributed by atoms with van der Waals surface area (Å²) in [6.45, 7) is 3.90. The van der Waals surface area contributed by atoms with Crippen LogP contribution in [0.25, 0.3) is 0 Å². The number of aromatic nitrogens is 2. The minimum atomic E-state index is 0.156. The normalized spacial score (nSPS) is 10.8. The Morgan fingerprint density at radius 3 is 2.65 bits per heavy atom. The van der Waals surface area contributed by atoms with E-state index in [9.17, 15) is 4.79 Å². The lowest BCUT2D eigenvalue weighted by Crippen LogP contribution is -2.10. The molecule has 0 amide bonds. The second-order valence-corrected chi connectivity index (χ2v) is 6.13. The van der Waals surface area contributed by atoms with E-state index < -0.39 is 0 Å². The monoisotopic (exact) mass is 308 g/mol. The van der Waals surface area contributed by atoms with Crippen molar-refractivity contribution in [2.45, 2.75) is 25.2 Å². The Morgan fingerprint density at radius 2 is 2.05 bits per heavy atom. The van der Waals surface area contributed by atoms with Crippen LogP contribution in [0, 0.1) is 13.8 Å². The van der Waals surface area contributed by atoms with E-state index in [0.29, 0.717) is 17.2 Å². The summed E-state index contributed by atoms with van der Waals surface area (Å²) in [5, 5.41) is 4.82. The Balaban J connectivity index is 1.98. The molecule has 0 unspecified atom stereocenters. The summed E-state index contributed by atoms with van der Waals surface area (Å²) in [6, 6.07) is 8.07. The first kappa shape index (κ1) is 15.1. The fourth-order valence-electron chi connectivity index (χ4n) is 1.99. The molecule has 0 aliphatic rings. The number of aryl methyl sites for hydroxylation is 3. The smallest absolute Gasteiger partial charge is 0.149 e. The molecule has 20 heavy (non-hydrogen) atoms. The van der Waals surface area contributed by atoms with Gasteiger partial charge in [0.2, 0.25) is 0 Å². The molecule has 0 radical (unpaired) electrons. The number of benzene rings is 1. The van der Waals surface area contributed by atoms with Crippen LogP contribution in [0.2, 0.25) is 5.02 Å². The van der Waals surface area contributed by atoms with Gasteiger partial charge in [0.1, 0.15) is 5.78 Å². The van der Waals surface area contributed by atoms with Gasteiger partial charge in [-0.05, 0) is 25.5 Å². The van der Waals surface area contributed by atoms with Gasteiger partial charge in [0.05, 0.1) is 28.6 Å². The molecular formula is C15H17ClN2OS. The molecule has 0 spiro atoms. The predicted octanol–water partition coefficient (Wildman–Crippen LogP) is 3.59. The van der Waals surface area contributed by atoms with Crippen LogP contribution in [-0.2, 0) is 18.3 Å². The van der Waals surface area contributed by atoms with Gasteiger partial charge in [-0.2, -0.15) is 5.10 Å². The van der Waals surface area contributed by atoms with E-state index in [-0.39, 0.29) is 5.78 Å². The number of Topliss-reactive ketones (excluding diaryl/α,β-unsaturated/α-hetero) is 1. The van der Waals surface area contributed by atoms with E-state index in [0.717, 1.165) is 16.3 Å². The maximum Gasteiger partial charge on any atom is 0.149 e. The van der Waals surface area contributed by atoms with E-state index >= 15 is 0 Å². The first-order valence-corrected chi connectivity index (χ1v) is 7.73. The van der Waals surface area contributed by atoms with Crippen LogP contribution in [-0.4, -0.2) is 21.3 Å². The van der Waals surface area contributed by atoms with Crippen LogP contribution in [0.3, 0.4) is 0 Å². The molecule has 1 aromatic heterocycles. The molecular weight excluding hydrogens is 292 g/mol. The average molecular weight is 309 g/mol. The maximum atomic E-state index is 12.1. The van der Waals surface area contributed by atoms with Crippen LogP contribution >= 0.6 is 23.4 Å². The predicted molar refractivity (Wildman–Crippen MR) is 83.6 cm³/mol. The Hall–Kier alpha value is -1.26. The van der Waals surface area contributed by atoms with E-state index in [1.165, 1.54) is 5.56 Å². The van der Waals surface area contributed by atoms with E-state index in [1.807, 2.05) is 45.2 Å². The van der Waals surface area contributed by atoms with Crippen molar-refractivity contribution in [2.24, 2.45) is 7.05 Å². The number of thioether (sulfide) groups is 1. The van der Waals surface area contributed by atoms with Gasteiger partial charge in [-0.25, -0.2) is 0 Å². The minimum absolute atomic E-state index is 0.156. The third kappa shape index (κ3) is 3.44. The van der Waals surface area contributed by atoms with Gasteiger partial charge in [0, 0.05) is 11.9 Å². The average Bonchev–Trinajstić information content (AvgIpc) is 2.64. The second-order valence-electron chi connectivity index (χ2n) is 4.74. The number of ketones is 1. The van der Waals surface area contributed by atoms with Crippen molar-refractivity contribution >= 4 is 29.1 Å². The summed E-state index contributed by atoms with van der Waals surface area (Å²) in [5.74, 6) is 0.606. The molecule has 0 saturated heterocycles. The molecule has 3 nitrogen and oxygen atoms in total. The first-order chi connectivity index (χ1) is 9.49. The summed E-state index contributed by atoms with van der Waals surface area (Å²) in [5.41, 5.74) is 2.75. The molecule has 0 aliphatic carbocycles. The number of hydrogen-bond acceptors (Lipinski definition) is 3. The molecule has 0 bridgehead atoms. The zero-order valence-corrected chi connectivity index (χ0v) is 13.4. The van der Waals surface area contributed by atoms with Crippen LogP contribution in [0.1, 0.15) is 17.0 Å². The number of hydrogen-bond donors (Lipinski definition) is 0. The molecule has 0 fully saturated rings. The Labute approximate surface area is 128 Å². The molecule has 0 atom stereocenters. The highest BCUT2D eigenvalue weighted by molar-refractivity contribution is 8.00. The topological polar surface area (TPSA) is 34.9 Å². The molecule has 0 N–H and O–H groups in total. The van der Waals surface area contributed by atoms with Crippen molar-refractivity contribution in [3.63, 3.8) is 0 Å². The number of nitrogens with zero attached hydrogens (tertiary/aromatic N) is 2. The lowest BCUT2D eigenvalue weighted by Gasteiger charge is -2.05. The Kier molecular flexibility index (Phi) is 4.89. The molecule has 5 heteroatoms. The van der Waals surface area contributed by atoms with Crippen molar-refractivity contribution < 1.29 is 4.79 Å². The van der Waals surface area contributed by atoms with Gasteiger partial charge in [-0.1, -0.05) is 29.8 Å². The molecule has 0 aliphatic heterocycles. The van der Waals surface area contributed by atoms with Crippen LogP contribution in [0.5, 0.6) is 0 Å². The number of carbonyl (C=O) groups is 1. The highest BCUT2D eigenvalue weighted by Crippen LogP contribution is 2.24. The molecule has 1 aromatic carbocycles. The van der Waals surface area contributed by atoms with Gasteiger partial charge >= 0.3 is 0 Å². The Morgan fingerprint density at radius 1 is 1.35 bits per heavy atom. The van der Waals surface area contributed by atoms with E-state index in [4.69, 9.17) is 11.6 Å². The Bertz CT molecular complexity index is 637. The van der Waals surface area contributed by atoms with Gasteiger partial charge in [-0.3, -0.25) is 9.48 Å². The van der Waals surface area contributed by atoms with E-state index in [2.05, 4.69) is 5.10 Å². The zero-order valence-electron chi connectivity index (χ0n) is 11.8. The third-order valence-electron chi connectivity index (χ3n) is 3.11. The molecule has 106 valence electrons. The summed E-state index contributed by atoms with van der Waals surface area (Å²) in [6.07, 6.45) is 0.328. The summed E-state index contributed by atoms with van der Waals surface area (Å²) >= 11 is 7.73. The number of carbonyl (C=O) groups excluding carboxylic acids is 1. The van der Waals surface area contributed by atoms with Crippen LogP contribution < -0.4 is 0 Å². The van der Waals surface area contributed by atoms with E-state index in [1.54, 1.807) is 16.4 Å². The minimum Gasteiger partial charge on any atom is -0.298 e. The van der Waals surface area contributed by atoms with Crippen molar-refractivity contribution in [3.05, 3.63) is 46.2 Å². The lowest BCUT2D eigenvalue weighted by molar-refractivity contribution is -0.116. The zero-order chi connectivity index (χ0) is 14.7. The van der Waals surface area contributed by atoms with Gasteiger partial charge < -0.3 is 0 Å². The number of rotatable bonds is 5. The SMILES string of the molecule is Cc1ccccc1SCC(=O)Cc1c(Cl)c(C)nn1C. The highest BCUT2D eigenvalue weighted by Gasteiger charge is 2.15. The summed E-state index contributed by atoms with van der Waals surface area (Å²) in [4.78, 5) is 13.2. The third-order valence-corrected chi connectivity index (χ3v) is 4.84.